The van der Waals surface area contributed by atoms with Crippen LogP contribution in [0.15, 0.2) is 59.8 Å². The van der Waals surface area contributed by atoms with Gasteiger partial charge in [-0.3, -0.25) is 4.79 Å². The molecule has 2 aromatic carbocycles. The summed E-state index contributed by atoms with van der Waals surface area (Å²) in [6, 6.07) is 15.6. The van der Waals surface area contributed by atoms with Crippen molar-refractivity contribution in [3.05, 3.63) is 60.4 Å². The number of aromatic nitrogens is 3. The third-order valence-electron chi connectivity index (χ3n) is 4.04. The Kier molecular flexibility index (Phi) is 5.37. The Balaban J connectivity index is 1.74. The van der Waals surface area contributed by atoms with Gasteiger partial charge in [0.2, 0.25) is 5.91 Å². The molecule has 26 heavy (non-hydrogen) atoms. The molecule has 0 radical (unpaired) electrons. The van der Waals surface area contributed by atoms with Crippen LogP contribution in [0.25, 0.3) is 11.4 Å². The molecule has 0 N–H and O–H groups in total. The predicted molar refractivity (Wildman–Crippen MR) is 102 cm³/mol. The van der Waals surface area contributed by atoms with E-state index in [9.17, 15) is 9.18 Å². The van der Waals surface area contributed by atoms with Crippen molar-refractivity contribution < 1.29 is 9.18 Å². The van der Waals surface area contributed by atoms with Crippen molar-refractivity contribution in [3.63, 3.8) is 0 Å². The molecule has 0 saturated carbocycles. The van der Waals surface area contributed by atoms with Crippen LogP contribution in [0.2, 0.25) is 0 Å². The van der Waals surface area contributed by atoms with Crippen LogP contribution in [0.1, 0.15) is 6.92 Å². The number of anilines is 1. The molecule has 0 aliphatic heterocycles. The van der Waals surface area contributed by atoms with E-state index in [4.69, 9.17) is 0 Å². The highest BCUT2D eigenvalue weighted by Gasteiger charge is 2.22. The number of rotatable bonds is 5. The van der Waals surface area contributed by atoms with E-state index in [1.165, 1.54) is 23.9 Å². The lowest BCUT2D eigenvalue weighted by Crippen LogP contribution is -2.33. The summed E-state index contributed by atoms with van der Waals surface area (Å²) in [5.41, 5.74) is 1.61. The first-order valence-corrected chi connectivity index (χ1v) is 9.00. The van der Waals surface area contributed by atoms with Gasteiger partial charge < -0.3 is 9.47 Å². The summed E-state index contributed by atoms with van der Waals surface area (Å²) in [7, 11) is 3.59. The van der Waals surface area contributed by atoms with Crippen molar-refractivity contribution in [3.8, 4) is 11.4 Å². The van der Waals surface area contributed by atoms with Crippen molar-refractivity contribution in [2.75, 3.05) is 11.9 Å². The molecule has 0 aliphatic carbocycles. The minimum Gasteiger partial charge on any atom is -0.315 e. The lowest BCUT2D eigenvalue weighted by molar-refractivity contribution is -0.117. The van der Waals surface area contributed by atoms with Gasteiger partial charge in [-0.1, -0.05) is 30.0 Å². The largest absolute Gasteiger partial charge is 0.315 e. The molecule has 5 nitrogen and oxygen atoms in total. The highest BCUT2D eigenvalue weighted by Crippen LogP contribution is 2.27. The molecular weight excluding hydrogens is 351 g/mol. The second-order valence-corrected chi connectivity index (χ2v) is 7.17. The Hall–Kier alpha value is -2.67. The highest BCUT2D eigenvalue weighted by atomic mass is 32.2. The zero-order valence-electron chi connectivity index (χ0n) is 14.8. The number of halogens is 1. The third-order valence-corrected chi connectivity index (χ3v) is 5.16. The maximum Gasteiger partial charge on any atom is 0.240 e. The Labute approximate surface area is 155 Å². The second kappa shape index (κ2) is 7.70. The highest BCUT2D eigenvalue weighted by molar-refractivity contribution is 8.00. The van der Waals surface area contributed by atoms with E-state index >= 15 is 0 Å². The van der Waals surface area contributed by atoms with Crippen molar-refractivity contribution >= 4 is 23.4 Å². The molecule has 0 fully saturated rings. The van der Waals surface area contributed by atoms with Gasteiger partial charge in [-0.05, 0) is 43.3 Å². The van der Waals surface area contributed by atoms with Gasteiger partial charge in [0.1, 0.15) is 5.82 Å². The third kappa shape index (κ3) is 3.77. The van der Waals surface area contributed by atoms with Gasteiger partial charge in [-0.2, -0.15) is 0 Å². The molecule has 3 aromatic rings. The van der Waals surface area contributed by atoms with Gasteiger partial charge in [-0.25, -0.2) is 4.39 Å². The summed E-state index contributed by atoms with van der Waals surface area (Å²) in [5, 5.41) is 8.66. The van der Waals surface area contributed by atoms with Crippen LogP contribution < -0.4 is 4.90 Å². The molecule has 0 bridgehead atoms. The molecule has 1 amide bonds. The van der Waals surface area contributed by atoms with Crippen LogP contribution in [0.4, 0.5) is 10.1 Å². The number of carbonyl (C=O) groups is 1. The summed E-state index contributed by atoms with van der Waals surface area (Å²) in [5.74, 6) is 0.310. The van der Waals surface area contributed by atoms with Crippen molar-refractivity contribution in [2.24, 2.45) is 7.05 Å². The molecule has 0 saturated heterocycles. The van der Waals surface area contributed by atoms with Crippen LogP contribution >= 0.6 is 11.8 Å². The molecule has 0 spiro atoms. The van der Waals surface area contributed by atoms with Gasteiger partial charge in [0, 0.05) is 25.3 Å². The molecule has 7 heteroatoms. The average Bonchev–Trinajstić information content (AvgIpc) is 3.02. The number of para-hydroxylation sites is 1. The number of benzene rings is 2. The molecule has 3 rings (SSSR count). The molecule has 134 valence electrons. The Bertz CT molecular complexity index is 896. The molecule has 1 aromatic heterocycles. The zero-order valence-corrected chi connectivity index (χ0v) is 15.6. The van der Waals surface area contributed by atoms with E-state index in [0.717, 1.165) is 11.3 Å². The number of hydrogen-bond acceptors (Lipinski definition) is 4. The smallest absolute Gasteiger partial charge is 0.240 e. The van der Waals surface area contributed by atoms with Gasteiger partial charge in [0.05, 0.1) is 5.25 Å². The molecular formula is C19H19FN4OS. The Morgan fingerprint density at radius 1 is 1.12 bits per heavy atom. The first kappa shape index (κ1) is 18.1. The summed E-state index contributed by atoms with van der Waals surface area (Å²) in [4.78, 5) is 14.3. The number of nitrogens with zero attached hydrogens (tertiary/aromatic N) is 4. The molecule has 0 unspecified atom stereocenters. The summed E-state index contributed by atoms with van der Waals surface area (Å²) in [6.45, 7) is 1.85. The fourth-order valence-electron chi connectivity index (χ4n) is 2.53. The number of thioether (sulfide) groups is 1. The van der Waals surface area contributed by atoms with Gasteiger partial charge in [-0.15, -0.1) is 10.2 Å². The fraction of sp³-hybridized carbons (Fsp3) is 0.211. The number of amides is 1. The standard InChI is InChI=1S/C19H19FN4OS/c1-13(18(25)23(2)16-7-5-4-6-8-16)26-19-22-21-17(24(19)3)14-9-11-15(20)12-10-14/h4-13H,1-3H3/t13-/m0/s1. The summed E-state index contributed by atoms with van der Waals surface area (Å²) >= 11 is 1.34. The van der Waals surface area contributed by atoms with Crippen LogP contribution in [0.5, 0.6) is 0 Å². The first-order chi connectivity index (χ1) is 12.5. The number of carbonyl (C=O) groups excluding carboxylic acids is 1. The fourth-order valence-corrected chi connectivity index (χ4v) is 3.44. The average molecular weight is 370 g/mol. The van der Waals surface area contributed by atoms with Crippen molar-refractivity contribution in [2.45, 2.75) is 17.3 Å². The lowest BCUT2D eigenvalue weighted by Gasteiger charge is -2.20. The SMILES string of the molecule is C[C@H](Sc1nnc(-c2ccc(F)cc2)n1C)C(=O)N(C)c1ccccc1. The van der Waals surface area contributed by atoms with Crippen LogP contribution in [0, 0.1) is 5.82 Å². The van der Waals surface area contributed by atoms with Crippen molar-refractivity contribution in [1.82, 2.24) is 14.8 Å². The minimum absolute atomic E-state index is 0.0208. The minimum atomic E-state index is -0.329. The summed E-state index contributed by atoms with van der Waals surface area (Å²) < 4.78 is 14.9. The topological polar surface area (TPSA) is 51.0 Å². The molecule has 1 heterocycles. The van der Waals surface area contributed by atoms with Crippen LogP contribution in [0.3, 0.4) is 0 Å². The zero-order chi connectivity index (χ0) is 18.7. The predicted octanol–water partition coefficient (Wildman–Crippen LogP) is 3.76. The van der Waals surface area contributed by atoms with Crippen LogP contribution in [-0.2, 0) is 11.8 Å². The van der Waals surface area contributed by atoms with Gasteiger partial charge in [0.25, 0.3) is 0 Å². The van der Waals surface area contributed by atoms with E-state index < -0.39 is 0 Å². The summed E-state index contributed by atoms with van der Waals surface area (Å²) in [6.07, 6.45) is 0. The van der Waals surface area contributed by atoms with E-state index in [0.29, 0.717) is 11.0 Å². The maximum atomic E-state index is 13.1. The van der Waals surface area contributed by atoms with E-state index in [1.54, 1.807) is 24.1 Å². The van der Waals surface area contributed by atoms with Crippen molar-refractivity contribution in [1.29, 1.82) is 0 Å². The Morgan fingerprint density at radius 3 is 2.42 bits per heavy atom. The van der Waals surface area contributed by atoms with Gasteiger partial charge >= 0.3 is 0 Å². The van der Waals surface area contributed by atoms with Crippen LogP contribution in [-0.4, -0.2) is 33.0 Å². The first-order valence-electron chi connectivity index (χ1n) is 8.12. The van der Waals surface area contributed by atoms with E-state index in [2.05, 4.69) is 10.2 Å². The van der Waals surface area contributed by atoms with E-state index in [-0.39, 0.29) is 17.0 Å². The second-order valence-electron chi connectivity index (χ2n) is 5.86. The van der Waals surface area contributed by atoms with Gasteiger partial charge in [0.15, 0.2) is 11.0 Å². The lowest BCUT2D eigenvalue weighted by atomic mass is 10.2. The quantitative estimate of drug-likeness (QED) is 0.642. The maximum absolute atomic E-state index is 13.1. The Morgan fingerprint density at radius 2 is 1.77 bits per heavy atom. The monoisotopic (exact) mass is 370 g/mol. The van der Waals surface area contributed by atoms with E-state index in [1.807, 2.05) is 48.9 Å². The molecule has 0 aliphatic rings. The molecule has 1 atom stereocenters. The number of hydrogen-bond donors (Lipinski definition) is 0. The normalized spacial score (nSPS) is 12.0.